The van der Waals surface area contributed by atoms with Crippen molar-refractivity contribution in [2.75, 3.05) is 0 Å². The Balaban J connectivity index is 1.04. The van der Waals surface area contributed by atoms with Crippen molar-refractivity contribution in [1.82, 2.24) is 9.97 Å². The van der Waals surface area contributed by atoms with Gasteiger partial charge in [-0.2, -0.15) is 0 Å². The molecule has 274 valence electrons. The van der Waals surface area contributed by atoms with E-state index in [1.165, 1.54) is 22.6 Å². The van der Waals surface area contributed by atoms with Gasteiger partial charge in [-0.15, -0.1) is 45.3 Å². The zero-order chi connectivity index (χ0) is 38.0. The number of thiazole rings is 2. The summed E-state index contributed by atoms with van der Waals surface area (Å²) in [4.78, 5) is 23.5. The summed E-state index contributed by atoms with van der Waals surface area (Å²) in [7, 11) is 0. The summed E-state index contributed by atoms with van der Waals surface area (Å²) in [6, 6.07) is 12.0. The maximum atomic E-state index is 9.31. The number of rotatable bonds is 4. The fourth-order valence-electron chi connectivity index (χ4n) is 8.99. The molecule has 2 unspecified atom stereocenters. The zero-order valence-corrected chi connectivity index (χ0v) is 33.4. The Morgan fingerprint density at radius 2 is 1.07 bits per heavy atom. The first kappa shape index (κ1) is 35.1. The molecule has 0 N–H and O–H groups in total. The molecule has 6 aliphatic rings. The predicted molar refractivity (Wildman–Crippen MR) is 222 cm³/mol. The fourth-order valence-corrected chi connectivity index (χ4v) is 13.4. The van der Waals surface area contributed by atoms with Gasteiger partial charge in [-0.1, -0.05) is 25.0 Å². The molecule has 2 fully saturated rings. The van der Waals surface area contributed by atoms with Crippen molar-refractivity contribution in [3.63, 3.8) is 0 Å². The van der Waals surface area contributed by atoms with E-state index >= 15 is 0 Å². The fraction of sp³-hybridized carbons (Fsp3) is 0.318. The van der Waals surface area contributed by atoms with Gasteiger partial charge in [0.1, 0.15) is 32.9 Å². The van der Waals surface area contributed by atoms with Crippen molar-refractivity contribution >= 4 is 68.6 Å². The molecule has 2 spiro atoms. The van der Waals surface area contributed by atoms with E-state index in [0.29, 0.717) is 0 Å². The van der Waals surface area contributed by atoms with Crippen molar-refractivity contribution in [3.05, 3.63) is 125 Å². The van der Waals surface area contributed by atoms with Crippen molar-refractivity contribution in [2.24, 2.45) is 11.8 Å². The van der Waals surface area contributed by atoms with E-state index in [4.69, 9.17) is 32.6 Å². The second kappa shape index (κ2) is 13.7. The summed E-state index contributed by atoms with van der Waals surface area (Å²) < 4.78 is 14.3. The molecular formula is C44H32N6O2S4. The second-order valence-corrected chi connectivity index (χ2v) is 19.2. The molecule has 6 heterocycles. The van der Waals surface area contributed by atoms with Gasteiger partial charge in [-0.3, -0.25) is 0 Å². The molecule has 12 heteroatoms. The van der Waals surface area contributed by atoms with Crippen LogP contribution >= 0.6 is 45.3 Å². The first-order chi connectivity index (χ1) is 27.4. The van der Waals surface area contributed by atoms with Gasteiger partial charge in [0.2, 0.25) is 0 Å². The number of allylic oxidation sites excluding steroid dienone is 8. The van der Waals surface area contributed by atoms with Gasteiger partial charge >= 0.3 is 0 Å². The highest BCUT2D eigenvalue weighted by Gasteiger charge is 2.50. The maximum Gasteiger partial charge on any atom is 0.263 e. The lowest BCUT2D eigenvalue weighted by atomic mass is 9.73. The lowest BCUT2D eigenvalue weighted by molar-refractivity contribution is -0.0373. The summed E-state index contributed by atoms with van der Waals surface area (Å²) in [5.41, 5.74) is 3.53. The van der Waals surface area contributed by atoms with Crippen LogP contribution in [0.1, 0.15) is 95.1 Å². The van der Waals surface area contributed by atoms with Crippen molar-refractivity contribution in [2.45, 2.75) is 75.4 Å². The Morgan fingerprint density at radius 3 is 1.46 bits per heavy atom. The summed E-state index contributed by atoms with van der Waals surface area (Å²) in [5.74, 6) is 2.06. The average molecular weight is 805 g/mol. The molecule has 8 nitrogen and oxygen atoms in total. The number of thiophene rings is 2. The minimum Gasteiger partial charge on any atom is -0.481 e. The number of ether oxygens (including phenoxy) is 2. The van der Waals surface area contributed by atoms with Crippen LogP contribution in [-0.4, -0.2) is 9.97 Å². The van der Waals surface area contributed by atoms with Gasteiger partial charge in [-0.25, -0.2) is 30.2 Å². The lowest BCUT2D eigenvalue weighted by Crippen LogP contribution is -2.38. The van der Waals surface area contributed by atoms with Crippen LogP contribution in [0.4, 0.5) is 0 Å². The van der Waals surface area contributed by atoms with Crippen molar-refractivity contribution < 1.29 is 9.47 Å². The van der Waals surface area contributed by atoms with Crippen molar-refractivity contribution in [1.29, 1.82) is 10.5 Å². The van der Waals surface area contributed by atoms with Crippen LogP contribution in [-0.2, 0) is 20.7 Å². The Labute approximate surface area is 341 Å². The number of hydrogen-bond acceptors (Lipinski definition) is 10. The topological polar surface area (TPSA) is 101 Å². The molecule has 0 radical (unpaired) electrons. The summed E-state index contributed by atoms with van der Waals surface area (Å²) in [5, 5.41) is 20.5. The van der Waals surface area contributed by atoms with Crippen LogP contribution in [0.2, 0.25) is 0 Å². The minimum atomic E-state index is -0.461. The largest absolute Gasteiger partial charge is 0.481 e. The average Bonchev–Trinajstić information content (AvgIpc) is 4.06. The highest BCUT2D eigenvalue weighted by atomic mass is 32.1. The molecule has 2 aliphatic heterocycles. The third kappa shape index (κ3) is 5.75. The quantitative estimate of drug-likeness (QED) is 0.150. The Bertz CT molecular complexity index is 2470. The molecule has 4 aromatic heterocycles. The Kier molecular flexibility index (Phi) is 8.58. The van der Waals surface area contributed by atoms with Gasteiger partial charge in [0, 0.05) is 32.7 Å². The van der Waals surface area contributed by atoms with E-state index < -0.39 is 11.2 Å². The lowest BCUT2D eigenvalue weighted by Gasteiger charge is -2.45. The van der Waals surface area contributed by atoms with Crippen LogP contribution in [0.15, 0.2) is 71.5 Å². The molecule has 4 aromatic rings. The standard InChI is InChI=1S/C44H32N6O2S4/c1-47-27(23-45)21-29-9-11-35(53-29)41-49-39-37(55-41)31-17-25-20-34-32(18-26(25)19-33(31)51-43(39)13-5-3-6-14-43)38-40(44(52-34)15-7-4-8-16-44)50-42(56-38)36-12-10-30(54-36)22-28(24-46)48-2/h9-12,17-22,25-26H,3-8,13-16H2/b27-21-,28-22+. The van der Waals surface area contributed by atoms with E-state index in [9.17, 15) is 10.5 Å². The van der Waals surface area contributed by atoms with Gasteiger partial charge in [0.05, 0.1) is 44.8 Å². The first-order valence-corrected chi connectivity index (χ1v) is 22.2. The molecular weight excluding hydrogens is 773 g/mol. The predicted octanol–water partition coefficient (Wildman–Crippen LogP) is 12.5. The van der Waals surface area contributed by atoms with Gasteiger partial charge < -0.3 is 9.47 Å². The van der Waals surface area contributed by atoms with Crippen LogP contribution in [0.25, 0.3) is 52.8 Å². The van der Waals surface area contributed by atoms with Gasteiger partial charge in [-0.05, 0) is 99.9 Å². The first-order valence-electron chi connectivity index (χ1n) is 18.9. The number of aromatic nitrogens is 2. The molecule has 4 aliphatic carbocycles. The van der Waals surface area contributed by atoms with Crippen LogP contribution < -0.4 is 0 Å². The van der Waals surface area contributed by atoms with E-state index in [2.05, 4.69) is 34.0 Å². The second-order valence-electron chi connectivity index (χ2n) is 15.0. The number of nitriles is 2. The summed E-state index contributed by atoms with van der Waals surface area (Å²) in [6.45, 7) is 14.6. The van der Waals surface area contributed by atoms with E-state index in [1.54, 1.807) is 57.5 Å². The van der Waals surface area contributed by atoms with Gasteiger partial charge in [0.25, 0.3) is 11.4 Å². The highest BCUT2D eigenvalue weighted by molar-refractivity contribution is 7.23. The zero-order valence-electron chi connectivity index (χ0n) is 30.1. The smallest absolute Gasteiger partial charge is 0.263 e. The molecule has 0 aromatic carbocycles. The number of nitrogens with zero attached hydrogens (tertiary/aromatic N) is 6. The van der Waals surface area contributed by atoms with E-state index in [-0.39, 0.29) is 23.2 Å². The molecule has 10 rings (SSSR count). The molecule has 0 amide bonds. The summed E-state index contributed by atoms with van der Waals surface area (Å²) in [6.07, 6.45) is 23.2. The molecule has 56 heavy (non-hydrogen) atoms. The monoisotopic (exact) mass is 804 g/mol. The third-order valence-corrected chi connectivity index (χ3v) is 16.2. The highest BCUT2D eigenvalue weighted by Crippen LogP contribution is 2.58. The normalized spacial score (nSPS) is 22.7. The molecule has 2 atom stereocenters. The van der Waals surface area contributed by atoms with Crippen LogP contribution in [0.3, 0.4) is 0 Å². The summed E-state index contributed by atoms with van der Waals surface area (Å²) >= 11 is 6.55. The Morgan fingerprint density at radius 1 is 0.643 bits per heavy atom. The SMILES string of the molecule is [C-]#[N+]/C(C#N)=C\c1ccc(-c2nc3c(s2)C2=CC4C=C5OC6(CCCCC6)c6nc(-c7ccc(/C=C(\C#N)[N+]#[C-])s7)sc6C5=CC4C=C2OC32CCCCC2)s1. The van der Waals surface area contributed by atoms with Crippen LogP contribution in [0, 0.1) is 47.6 Å². The molecule has 2 saturated carbocycles. The van der Waals surface area contributed by atoms with Crippen LogP contribution in [0.5, 0.6) is 0 Å². The number of hydrogen-bond donors (Lipinski definition) is 0. The van der Waals surface area contributed by atoms with Gasteiger partial charge in [0.15, 0.2) is 11.2 Å². The maximum absolute atomic E-state index is 9.31. The molecule has 0 bridgehead atoms. The third-order valence-electron chi connectivity index (χ3n) is 11.6. The van der Waals surface area contributed by atoms with E-state index in [0.717, 1.165) is 115 Å². The van der Waals surface area contributed by atoms with Crippen molar-refractivity contribution in [3.8, 4) is 31.9 Å². The minimum absolute atomic E-state index is 0.0732. The molecule has 0 saturated heterocycles. The Hall–Kier alpha value is -5.34. The van der Waals surface area contributed by atoms with E-state index in [1.807, 2.05) is 36.4 Å². The number of fused-ring (bicyclic) bond motifs is 9.